The summed E-state index contributed by atoms with van der Waals surface area (Å²) < 4.78 is 1.04. The molecule has 3 aromatic rings. The minimum absolute atomic E-state index is 0.425. The van der Waals surface area contributed by atoms with Gasteiger partial charge in [0.05, 0.1) is 10.2 Å². The van der Waals surface area contributed by atoms with Gasteiger partial charge in [-0.1, -0.05) is 24.2 Å². The molecule has 1 aliphatic heterocycles. The van der Waals surface area contributed by atoms with Crippen LogP contribution in [0, 0.1) is 0 Å². The fraction of sp³-hybridized carbons (Fsp3) is 0.375. The second kappa shape index (κ2) is 6.56. The lowest BCUT2D eigenvalue weighted by atomic mass is 10.2. The van der Waals surface area contributed by atoms with E-state index < -0.39 is 0 Å². The molecule has 4 rings (SSSR count). The third-order valence-electron chi connectivity index (χ3n) is 4.10. The van der Waals surface area contributed by atoms with E-state index in [1.54, 1.807) is 23.6 Å². The van der Waals surface area contributed by atoms with Gasteiger partial charge in [-0.25, -0.2) is 19.9 Å². The van der Waals surface area contributed by atoms with E-state index in [1.165, 1.54) is 32.0 Å². The number of hydrogen-bond donors (Lipinski definition) is 2. The van der Waals surface area contributed by atoms with E-state index in [1.807, 2.05) is 6.07 Å². The Hall–Kier alpha value is -2.48. The highest BCUT2D eigenvalue weighted by Crippen LogP contribution is 2.34. The number of nitrogen functional groups attached to an aromatic ring is 1. The summed E-state index contributed by atoms with van der Waals surface area (Å²) in [5, 5.41) is 4.30. The van der Waals surface area contributed by atoms with E-state index in [-0.39, 0.29) is 0 Å². The standard InChI is InChI=1S/C16H19N7S/c17-12-9-13(20-10-19-12)22-15-14-11(5-6-18-15)21-16(24-14)23-7-3-1-2-4-8-23/h5-6,9-10H,1-4,7-8H2,(H3,17,18,19,20,22). The minimum atomic E-state index is 0.425. The molecule has 1 aliphatic rings. The van der Waals surface area contributed by atoms with Gasteiger partial charge in [-0.3, -0.25) is 0 Å². The van der Waals surface area contributed by atoms with Crippen molar-refractivity contribution in [2.75, 3.05) is 29.0 Å². The van der Waals surface area contributed by atoms with E-state index in [0.717, 1.165) is 34.3 Å². The van der Waals surface area contributed by atoms with Gasteiger partial charge < -0.3 is 16.0 Å². The van der Waals surface area contributed by atoms with Gasteiger partial charge in [0.1, 0.15) is 18.0 Å². The zero-order valence-corrected chi connectivity index (χ0v) is 14.1. The van der Waals surface area contributed by atoms with E-state index in [0.29, 0.717) is 11.6 Å². The Labute approximate surface area is 144 Å². The molecule has 0 amide bonds. The number of nitrogens with two attached hydrogens (primary N) is 1. The quantitative estimate of drug-likeness (QED) is 0.755. The second-order valence-corrected chi connectivity index (χ2v) is 6.84. The number of hydrogen-bond acceptors (Lipinski definition) is 8. The van der Waals surface area contributed by atoms with Crippen LogP contribution in [0.2, 0.25) is 0 Å². The Bertz CT molecular complexity index is 839. The van der Waals surface area contributed by atoms with Crippen LogP contribution in [0.15, 0.2) is 24.7 Å². The van der Waals surface area contributed by atoms with Gasteiger partial charge >= 0.3 is 0 Å². The van der Waals surface area contributed by atoms with Crippen molar-refractivity contribution in [1.29, 1.82) is 0 Å². The highest BCUT2D eigenvalue weighted by molar-refractivity contribution is 7.22. The van der Waals surface area contributed by atoms with Crippen molar-refractivity contribution in [2.24, 2.45) is 0 Å². The molecule has 0 spiro atoms. The molecule has 0 atom stereocenters. The SMILES string of the molecule is Nc1cc(Nc2nccc3nc(N4CCCCCC4)sc23)ncn1. The number of pyridine rings is 1. The molecule has 4 heterocycles. The zero-order chi connectivity index (χ0) is 16.4. The summed E-state index contributed by atoms with van der Waals surface area (Å²) in [4.78, 5) is 19.7. The third-order valence-corrected chi connectivity index (χ3v) is 5.24. The monoisotopic (exact) mass is 341 g/mol. The number of fused-ring (bicyclic) bond motifs is 1. The Morgan fingerprint density at radius 3 is 2.71 bits per heavy atom. The first-order chi connectivity index (χ1) is 11.8. The largest absolute Gasteiger partial charge is 0.384 e. The smallest absolute Gasteiger partial charge is 0.186 e. The Balaban J connectivity index is 1.66. The Morgan fingerprint density at radius 2 is 1.92 bits per heavy atom. The van der Waals surface area contributed by atoms with Crippen LogP contribution in [0.5, 0.6) is 0 Å². The van der Waals surface area contributed by atoms with E-state index in [2.05, 4.69) is 25.2 Å². The van der Waals surface area contributed by atoms with Gasteiger partial charge in [-0.15, -0.1) is 0 Å². The van der Waals surface area contributed by atoms with Gasteiger partial charge in [-0.2, -0.15) is 0 Å². The zero-order valence-electron chi connectivity index (χ0n) is 13.3. The fourth-order valence-corrected chi connectivity index (χ4v) is 3.95. The molecule has 0 aromatic carbocycles. The molecule has 1 saturated heterocycles. The average Bonchev–Trinajstić information content (AvgIpc) is 2.83. The van der Waals surface area contributed by atoms with E-state index >= 15 is 0 Å². The highest BCUT2D eigenvalue weighted by Gasteiger charge is 2.16. The van der Waals surface area contributed by atoms with Gasteiger partial charge in [0.25, 0.3) is 0 Å². The van der Waals surface area contributed by atoms with Crippen molar-refractivity contribution in [3.63, 3.8) is 0 Å². The van der Waals surface area contributed by atoms with Gasteiger partial charge in [0.2, 0.25) is 0 Å². The van der Waals surface area contributed by atoms with Crippen LogP contribution in [-0.2, 0) is 0 Å². The van der Waals surface area contributed by atoms with Gasteiger partial charge in [-0.05, 0) is 18.9 Å². The van der Waals surface area contributed by atoms with Crippen molar-refractivity contribution in [3.05, 3.63) is 24.7 Å². The molecule has 3 aromatic heterocycles. The maximum atomic E-state index is 5.71. The third kappa shape index (κ3) is 3.09. The predicted molar refractivity (Wildman–Crippen MR) is 97.8 cm³/mol. The number of nitrogens with zero attached hydrogens (tertiary/aromatic N) is 5. The first kappa shape index (κ1) is 15.1. The normalized spacial score (nSPS) is 15.4. The molecule has 8 heteroatoms. The first-order valence-corrected chi connectivity index (χ1v) is 8.96. The lowest BCUT2D eigenvalue weighted by Crippen LogP contribution is -2.23. The van der Waals surface area contributed by atoms with Crippen molar-refractivity contribution in [3.8, 4) is 0 Å². The first-order valence-electron chi connectivity index (χ1n) is 8.14. The van der Waals surface area contributed by atoms with Crippen LogP contribution in [0.25, 0.3) is 10.2 Å². The molecule has 0 radical (unpaired) electrons. The molecule has 7 nitrogen and oxygen atoms in total. The summed E-state index contributed by atoms with van der Waals surface area (Å²) in [6.45, 7) is 2.16. The van der Waals surface area contributed by atoms with Gasteiger partial charge in [0, 0.05) is 25.4 Å². The number of nitrogens with one attached hydrogen (secondary N) is 1. The molecular weight excluding hydrogens is 322 g/mol. The van der Waals surface area contributed by atoms with Crippen LogP contribution < -0.4 is 16.0 Å². The molecule has 124 valence electrons. The Kier molecular flexibility index (Phi) is 4.12. The van der Waals surface area contributed by atoms with Crippen LogP contribution in [-0.4, -0.2) is 33.0 Å². The Morgan fingerprint density at radius 1 is 1.08 bits per heavy atom. The summed E-state index contributed by atoms with van der Waals surface area (Å²) in [7, 11) is 0. The number of rotatable bonds is 3. The summed E-state index contributed by atoms with van der Waals surface area (Å²) in [5.74, 6) is 1.81. The minimum Gasteiger partial charge on any atom is -0.384 e. The summed E-state index contributed by atoms with van der Waals surface area (Å²) >= 11 is 1.68. The lowest BCUT2D eigenvalue weighted by molar-refractivity contribution is 0.726. The fourth-order valence-electron chi connectivity index (χ4n) is 2.89. The van der Waals surface area contributed by atoms with Gasteiger partial charge in [0.15, 0.2) is 10.9 Å². The van der Waals surface area contributed by atoms with Crippen LogP contribution in [0.3, 0.4) is 0 Å². The molecule has 0 bridgehead atoms. The average molecular weight is 341 g/mol. The number of aromatic nitrogens is 4. The van der Waals surface area contributed by atoms with Crippen LogP contribution >= 0.6 is 11.3 Å². The van der Waals surface area contributed by atoms with Crippen molar-refractivity contribution in [2.45, 2.75) is 25.7 Å². The summed E-state index contributed by atoms with van der Waals surface area (Å²) in [5.41, 5.74) is 6.67. The van der Waals surface area contributed by atoms with Crippen molar-refractivity contribution < 1.29 is 0 Å². The molecule has 0 saturated carbocycles. The summed E-state index contributed by atoms with van der Waals surface area (Å²) in [6.07, 6.45) is 8.29. The van der Waals surface area contributed by atoms with E-state index in [9.17, 15) is 0 Å². The number of anilines is 4. The molecule has 1 fully saturated rings. The second-order valence-electron chi connectivity index (χ2n) is 5.86. The van der Waals surface area contributed by atoms with Crippen LogP contribution in [0.4, 0.5) is 22.6 Å². The topological polar surface area (TPSA) is 92.8 Å². The molecule has 3 N–H and O–H groups in total. The molecule has 0 aliphatic carbocycles. The summed E-state index contributed by atoms with van der Waals surface area (Å²) in [6, 6.07) is 3.64. The number of thiazole rings is 1. The molecule has 24 heavy (non-hydrogen) atoms. The van der Waals surface area contributed by atoms with E-state index in [4.69, 9.17) is 10.7 Å². The van der Waals surface area contributed by atoms with Crippen molar-refractivity contribution in [1.82, 2.24) is 19.9 Å². The molecule has 0 unspecified atom stereocenters. The highest BCUT2D eigenvalue weighted by atomic mass is 32.1. The predicted octanol–water partition coefficient (Wildman–Crippen LogP) is 3.19. The maximum absolute atomic E-state index is 5.71. The molecular formula is C16H19N7S. The maximum Gasteiger partial charge on any atom is 0.186 e. The lowest BCUT2D eigenvalue weighted by Gasteiger charge is -2.18. The van der Waals surface area contributed by atoms with Crippen LogP contribution in [0.1, 0.15) is 25.7 Å². The van der Waals surface area contributed by atoms with Crippen molar-refractivity contribution >= 4 is 44.1 Å².